The van der Waals surface area contributed by atoms with Gasteiger partial charge in [0.1, 0.15) is 0 Å². The second-order valence-corrected chi connectivity index (χ2v) is 6.28. The molecular weight excluding hydrogens is 310 g/mol. The summed E-state index contributed by atoms with van der Waals surface area (Å²) in [5.74, 6) is 0.0999. The van der Waals surface area contributed by atoms with Crippen LogP contribution in [0, 0.1) is 13.8 Å². The van der Waals surface area contributed by atoms with Crippen LogP contribution in [0.1, 0.15) is 32.4 Å². The van der Waals surface area contributed by atoms with E-state index in [0.717, 1.165) is 16.1 Å². The van der Waals surface area contributed by atoms with Gasteiger partial charge in [-0.05, 0) is 19.4 Å². The van der Waals surface area contributed by atoms with Gasteiger partial charge in [0.15, 0.2) is 0 Å². The van der Waals surface area contributed by atoms with E-state index in [1.165, 1.54) is 0 Å². The Kier molecular flexibility index (Phi) is 4.52. The summed E-state index contributed by atoms with van der Waals surface area (Å²) >= 11 is 1.56. The number of carbonyl (C=O) groups is 1. The quantitative estimate of drug-likeness (QED) is 0.718. The number of hydrogen-bond donors (Lipinski definition) is 0. The fourth-order valence-electron chi connectivity index (χ4n) is 2.27. The summed E-state index contributed by atoms with van der Waals surface area (Å²) in [5, 5.41) is 3.81. The molecule has 0 aliphatic heterocycles. The molecule has 0 spiro atoms. The smallest absolute Gasteiger partial charge is 0.293 e. The lowest BCUT2D eigenvalue weighted by atomic mass is 10.2. The van der Waals surface area contributed by atoms with Crippen molar-refractivity contribution in [3.8, 4) is 0 Å². The van der Waals surface area contributed by atoms with E-state index in [1.807, 2.05) is 37.3 Å². The molecular formula is C17H17N3O2S. The van der Waals surface area contributed by atoms with Crippen molar-refractivity contribution in [1.29, 1.82) is 0 Å². The van der Waals surface area contributed by atoms with E-state index in [0.29, 0.717) is 18.8 Å². The number of amides is 1. The molecule has 2 aromatic heterocycles. The lowest BCUT2D eigenvalue weighted by molar-refractivity contribution is 0.0689. The number of hydrogen-bond acceptors (Lipinski definition) is 5. The van der Waals surface area contributed by atoms with Gasteiger partial charge in [-0.25, -0.2) is 4.98 Å². The van der Waals surface area contributed by atoms with Crippen LogP contribution in [0.5, 0.6) is 0 Å². The highest BCUT2D eigenvalue weighted by Crippen LogP contribution is 2.19. The van der Waals surface area contributed by atoms with E-state index in [2.05, 4.69) is 10.1 Å². The Balaban J connectivity index is 1.86. The summed E-state index contributed by atoms with van der Waals surface area (Å²) in [7, 11) is 0. The van der Waals surface area contributed by atoms with Gasteiger partial charge < -0.3 is 9.42 Å². The molecule has 0 bridgehead atoms. The highest BCUT2D eigenvalue weighted by molar-refractivity contribution is 7.09. The summed E-state index contributed by atoms with van der Waals surface area (Å²) in [4.78, 5) is 19.9. The van der Waals surface area contributed by atoms with Crippen molar-refractivity contribution in [3.05, 3.63) is 69.5 Å². The number of aryl methyl sites for hydroxylation is 2. The van der Waals surface area contributed by atoms with Crippen molar-refractivity contribution in [3.63, 3.8) is 0 Å². The van der Waals surface area contributed by atoms with Gasteiger partial charge in [0.05, 0.1) is 23.4 Å². The van der Waals surface area contributed by atoms with E-state index in [4.69, 9.17) is 4.52 Å². The fourth-order valence-corrected chi connectivity index (χ4v) is 3.07. The molecule has 0 saturated heterocycles. The predicted molar refractivity (Wildman–Crippen MR) is 88.1 cm³/mol. The monoisotopic (exact) mass is 327 g/mol. The highest BCUT2D eigenvalue weighted by atomic mass is 32.1. The molecule has 0 N–H and O–H groups in total. The van der Waals surface area contributed by atoms with Crippen molar-refractivity contribution in [1.82, 2.24) is 15.0 Å². The molecule has 3 rings (SSSR count). The Labute approximate surface area is 138 Å². The van der Waals surface area contributed by atoms with Crippen LogP contribution in [-0.2, 0) is 13.1 Å². The standard InChI is InChI=1S/C17H17N3O2S/c1-12-8-15(22-19-12)17(21)20(9-14-6-4-3-5-7-14)10-16-13(2)18-11-23-16/h3-8,11H,9-10H2,1-2H3. The number of aromatic nitrogens is 2. The van der Waals surface area contributed by atoms with Gasteiger partial charge in [0.25, 0.3) is 5.91 Å². The second kappa shape index (κ2) is 6.75. The van der Waals surface area contributed by atoms with Crippen LogP contribution in [0.3, 0.4) is 0 Å². The molecule has 0 saturated carbocycles. The third-order valence-corrected chi connectivity index (χ3v) is 4.44. The van der Waals surface area contributed by atoms with Crippen LogP contribution >= 0.6 is 11.3 Å². The molecule has 118 valence electrons. The molecule has 1 aromatic carbocycles. The molecule has 23 heavy (non-hydrogen) atoms. The fraction of sp³-hybridized carbons (Fsp3) is 0.235. The van der Waals surface area contributed by atoms with Gasteiger partial charge in [-0.1, -0.05) is 35.5 Å². The zero-order valence-electron chi connectivity index (χ0n) is 13.0. The topological polar surface area (TPSA) is 59.2 Å². The Morgan fingerprint density at radius 2 is 2.00 bits per heavy atom. The minimum atomic E-state index is -0.165. The molecule has 3 aromatic rings. The minimum Gasteiger partial charge on any atom is -0.351 e. The Bertz CT molecular complexity index is 795. The second-order valence-electron chi connectivity index (χ2n) is 5.34. The van der Waals surface area contributed by atoms with E-state index in [9.17, 15) is 4.79 Å². The first-order chi connectivity index (χ1) is 11.1. The SMILES string of the molecule is Cc1cc(C(=O)N(Cc2ccccc2)Cc2scnc2C)on1. The van der Waals surface area contributed by atoms with Crippen LogP contribution in [0.2, 0.25) is 0 Å². The van der Waals surface area contributed by atoms with Crippen molar-refractivity contribution in [2.24, 2.45) is 0 Å². The molecule has 0 fully saturated rings. The van der Waals surface area contributed by atoms with Gasteiger partial charge in [-0.15, -0.1) is 11.3 Å². The van der Waals surface area contributed by atoms with Crippen molar-refractivity contribution in [2.45, 2.75) is 26.9 Å². The average molecular weight is 327 g/mol. The lowest BCUT2D eigenvalue weighted by Crippen LogP contribution is -2.29. The van der Waals surface area contributed by atoms with E-state index in [-0.39, 0.29) is 11.7 Å². The third kappa shape index (κ3) is 3.65. The minimum absolute atomic E-state index is 0.165. The maximum atomic E-state index is 12.8. The molecule has 0 unspecified atom stereocenters. The van der Waals surface area contributed by atoms with Gasteiger partial charge in [-0.3, -0.25) is 4.79 Å². The first kappa shape index (κ1) is 15.4. The summed E-state index contributed by atoms with van der Waals surface area (Å²) < 4.78 is 5.14. The van der Waals surface area contributed by atoms with E-state index < -0.39 is 0 Å². The Morgan fingerprint density at radius 1 is 1.22 bits per heavy atom. The van der Waals surface area contributed by atoms with Crippen molar-refractivity contribution < 1.29 is 9.32 Å². The number of rotatable bonds is 5. The number of benzene rings is 1. The van der Waals surface area contributed by atoms with Crippen molar-refractivity contribution in [2.75, 3.05) is 0 Å². The number of nitrogens with zero attached hydrogens (tertiary/aromatic N) is 3. The van der Waals surface area contributed by atoms with Crippen molar-refractivity contribution >= 4 is 17.2 Å². The predicted octanol–water partition coefficient (Wildman–Crippen LogP) is 3.59. The van der Waals surface area contributed by atoms with E-state index >= 15 is 0 Å². The first-order valence-electron chi connectivity index (χ1n) is 7.29. The van der Waals surface area contributed by atoms with Gasteiger partial charge in [0.2, 0.25) is 5.76 Å². The maximum absolute atomic E-state index is 12.8. The lowest BCUT2D eigenvalue weighted by Gasteiger charge is -2.21. The molecule has 0 aliphatic carbocycles. The summed E-state index contributed by atoms with van der Waals surface area (Å²) in [6.45, 7) is 4.77. The number of carbonyl (C=O) groups excluding carboxylic acids is 1. The zero-order valence-corrected chi connectivity index (χ0v) is 13.8. The number of thiazole rings is 1. The van der Waals surface area contributed by atoms with E-state index in [1.54, 1.807) is 34.7 Å². The van der Waals surface area contributed by atoms with Gasteiger partial charge >= 0.3 is 0 Å². The molecule has 5 nitrogen and oxygen atoms in total. The average Bonchev–Trinajstić information content (AvgIpc) is 3.16. The molecule has 0 aliphatic rings. The van der Waals surface area contributed by atoms with Gasteiger partial charge in [0, 0.05) is 17.5 Å². The molecule has 0 radical (unpaired) electrons. The largest absolute Gasteiger partial charge is 0.351 e. The highest BCUT2D eigenvalue weighted by Gasteiger charge is 2.21. The molecule has 2 heterocycles. The molecule has 0 atom stereocenters. The Morgan fingerprint density at radius 3 is 2.61 bits per heavy atom. The van der Waals surface area contributed by atoms with Crippen LogP contribution in [0.25, 0.3) is 0 Å². The third-order valence-electron chi connectivity index (χ3n) is 3.52. The van der Waals surface area contributed by atoms with Crippen LogP contribution in [0.15, 0.2) is 46.4 Å². The van der Waals surface area contributed by atoms with Crippen LogP contribution < -0.4 is 0 Å². The summed E-state index contributed by atoms with van der Waals surface area (Å²) in [6, 6.07) is 11.6. The van der Waals surface area contributed by atoms with Gasteiger partial charge in [-0.2, -0.15) is 0 Å². The molecule has 1 amide bonds. The maximum Gasteiger partial charge on any atom is 0.293 e. The summed E-state index contributed by atoms with van der Waals surface area (Å²) in [5.41, 5.74) is 4.52. The first-order valence-corrected chi connectivity index (χ1v) is 8.17. The molecule has 6 heteroatoms. The van der Waals surface area contributed by atoms with Crippen LogP contribution in [0.4, 0.5) is 0 Å². The van der Waals surface area contributed by atoms with Crippen LogP contribution in [-0.4, -0.2) is 20.9 Å². The Hall–Kier alpha value is -2.47. The summed E-state index contributed by atoms with van der Waals surface area (Å²) in [6.07, 6.45) is 0. The zero-order chi connectivity index (χ0) is 16.2. The normalized spacial score (nSPS) is 10.7.